The van der Waals surface area contributed by atoms with E-state index in [0.717, 1.165) is 0 Å². The summed E-state index contributed by atoms with van der Waals surface area (Å²) in [5.74, 6) is -2.18. The average Bonchev–Trinajstić information content (AvgIpc) is 2.17. The lowest BCUT2D eigenvalue weighted by atomic mass is 9.98. The molecule has 0 rings (SSSR count). The van der Waals surface area contributed by atoms with Gasteiger partial charge in [-0.15, -0.1) is 11.6 Å². The first kappa shape index (κ1) is 14.1. The summed E-state index contributed by atoms with van der Waals surface area (Å²) in [4.78, 5) is 33.4. The summed E-state index contributed by atoms with van der Waals surface area (Å²) >= 11 is 5.36. The Balaban J connectivity index is 4.36. The lowest BCUT2D eigenvalue weighted by molar-refractivity contribution is -0.151. The van der Waals surface area contributed by atoms with Gasteiger partial charge >= 0.3 is 5.97 Å². The maximum absolute atomic E-state index is 11.3. The van der Waals surface area contributed by atoms with Crippen molar-refractivity contribution in [1.29, 1.82) is 0 Å². The quantitative estimate of drug-likeness (QED) is 0.379. The summed E-state index contributed by atoms with van der Waals surface area (Å²) in [6.45, 7) is 3.28. The number of ketones is 2. The van der Waals surface area contributed by atoms with Gasteiger partial charge in [0.15, 0.2) is 5.78 Å². The molecule has 0 spiro atoms. The van der Waals surface area contributed by atoms with Gasteiger partial charge in [0, 0.05) is 6.42 Å². The van der Waals surface area contributed by atoms with Crippen LogP contribution in [-0.2, 0) is 19.1 Å². The van der Waals surface area contributed by atoms with E-state index in [9.17, 15) is 14.4 Å². The van der Waals surface area contributed by atoms with Gasteiger partial charge < -0.3 is 9.53 Å². The molecule has 0 saturated heterocycles. The number of hydrogen-bond acceptors (Lipinski definition) is 4. The summed E-state index contributed by atoms with van der Waals surface area (Å²) in [5, 5.41) is 0. The summed E-state index contributed by atoms with van der Waals surface area (Å²) in [6.07, 6.45) is 0.367. The van der Waals surface area contributed by atoms with Gasteiger partial charge in [-0.05, 0) is 20.3 Å². The highest BCUT2D eigenvalue weighted by atomic mass is 35.5. The molecule has 0 aromatic rings. The Morgan fingerprint density at radius 1 is 1.33 bits per heavy atom. The van der Waals surface area contributed by atoms with E-state index in [4.69, 9.17) is 16.3 Å². The number of halogens is 1. The molecule has 5 heteroatoms. The van der Waals surface area contributed by atoms with E-state index in [1.54, 1.807) is 6.92 Å². The lowest BCUT2D eigenvalue weighted by Gasteiger charge is -2.11. The highest BCUT2D eigenvalue weighted by molar-refractivity contribution is 6.29. The van der Waals surface area contributed by atoms with Crippen molar-refractivity contribution in [2.45, 2.75) is 26.7 Å². The van der Waals surface area contributed by atoms with Crippen LogP contribution < -0.4 is 0 Å². The van der Waals surface area contributed by atoms with Crippen molar-refractivity contribution in [2.75, 3.05) is 12.5 Å². The Morgan fingerprint density at radius 2 is 1.93 bits per heavy atom. The van der Waals surface area contributed by atoms with Crippen molar-refractivity contribution in [3.63, 3.8) is 0 Å². The normalized spacial score (nSPS) is 11.9. The molecule has 0 aliphatic heterocycles. The molecule has 0 aromatic heterocycles. The molecule has 0 bridgehead atoms. The molecule has 0 amide bonds. The Kier molecular flexibility index (Phi) is 6.96. The molecular weight excluding hydrogens is 220 g/mol. The number of hydrogen-bond donors (Lipinski definition) is 0. The van der Waals surface area contributed by atoms with Crippen LogP contribution in [0.1, 0.15) is 26.7 Å². The van der Waals surface area contributed by atoms with Crippen molar-refractivity contribution < 1.29 is 19.1 Å². The van der Waals surface area contributed by atoms with Gasteiger partial charge in [0.05, 0.1) is 12.5 Å². The standard InChI is InChI=1S/C10H15ClO4/c1-3-15-10(14)8(9(13)6-11)5-4-7(2)12/h8H,3-6H2,1-2H3/t8-/m1/s1. The average molecular weight is 235 g/mol. The van der Waals surface area contributed by atoms with E-state index >= 15 is 0 Å². The predicted octanol–water partition coefficient (Wildman–Crippen LogP) is 1.34. The zero-order valence-corrected chi connectivity index (χ0v) is 9.67. The number of rotatable bonds is 7. The van der Waals surface area contributed by atoms with Crippen LogP contribution in [0, 0.1) is 5.92 Å². The molecule has 0 saturated carbocycles. The minimum atomic E-state index is -0.897. The van der Waals surface area contributed by atoms with Crippen molar-refractivity contribution in [3.8, 4) is 0 Å². The number of alkyl halides is 1. The fraction of sp³-hybridized carbons (Fsp3) is 0.700. The molecule has 0 heterocycles. The molecule has 0 aliphatic rings. The highest BCUT2D eigenvalue weighted by Gasteiger charge is 2.26. The van der Waals surface area contributed by atoms with Crippen LogP contribution in [0.5, 0.6) is 0 Å². The van der Waals surface area contributed by atoms with Crippen LogP contribution in [0.3, 0.4) is 0 Å². The third-order valence-electron chi connectivity index (χ3n) is 1.88. The van der Waals surface area contributed by atoms with E-state index in [0.29, 0.717) is 0 Å². The molecule has 0 radical (unpaired) electrons. The third kappa shape index (κ3) is 5.52. The first-order chi connectivity index (χ1) is 7.02. The monoisotopic (exact) mass is 234 g/mol. The molecule has 0 aliphatic carbocycles. The minimum Gasteiger partial charge on any atom is -0.465 e. The van der Waals surface area contributed by atoms with Gasteiger partial charge in [-0.3, -0.25) is 9.59 Å². The second kappa shape index (κ2) is 7.40. The topological polar surface area (TPSA) is 60.4 Å². The fourth-order valence-electron chi connectivity index (χ4n) is 1.09. The van der Waals surface area contributed by atoms with Gasteiger partial charge in [0.1, 0.15) is 11.7 Å². The molecule has 0 fully saturated rings. The van der Waals surface area contributed by atoms with Crippen molar-refractivity contribution in [3.05, 3.63) is 0 Å². The van der Waals surface area contributed by atoms with Gasteiger partial charge in [-0.25, -0.2) is 0 Å². The predicted molar refractivity (Wildman–Crippen MR) is 55.8 cm³/mol. The molecule has 0 unspecified atom stereocenters. The first-order valence-electron chi connectivity index (χ1n) is 4.77. The van der Waals surface area contributed by atoms with E-state index in [1.807, 2.05) is 0 Å². The first-order valence-corrected chi connectivity index (χ1v) is 5.31. The Morgan fingerprint density at radius 3 is 2.33 bits per heavy atom. The van der Waals surface area contributed by atoms with Crippen molar-refractivity contribution in [1.82, 2.24) is 0 Å². The van der Waals surface area contributed by atoms with E-state index < -0.39 is 17.7 Å². The lowest BCUT2D eigenvalue weighted by Crippen LogP contribution is -2.27. The molecule has 4 nitrogen and oxygen atoms in total. The molecule has 86 valence electrons. The maximum atomic E-state index is 11.3. The minimum absolute atomic E-state index is 0.0633. The SMILES string of the molecule is CCOC(=O)[C@H](CCC(C)=O)C(=O)CCl. The zero-order valence-electron chi connectivity index (χ0n) is 8.92. The summed E-state index contributed by atoms with van der Waals surface area (Å²) in [5.41, 5.74) is 0. The zero-order chi connectivity index (χ0) is 11.8. The van der Waals surface area contributed by atoms with Gasteiger partial charge in [0.2, 0.25) is 0 Å². The summed E-state index contributed by atoms with van der Waals surface area (Å²) < 4.78 is 4.73. The van der Waals surface area contributed by atoms with E-state index in [-0.39, 0.29) is 31.1 Å². The molecular formula is C10H15ClO4. The molecule has 1 atom stereocenters. The van der Waals surface area contributed by atoms with Crippen LogP contribution in [0.15, 0.2) is 0 Å². The van der Waals surface area contributed by atoms with Crippen LogP contribution in [0.4, 0.5) is 0 Å². The molecule has 0 N–H and O–H groups in total. The van der Waals surface area contributed by atoms with E-state index in [1.165, 1.54) is 6.92 Å². The summed E-state index contributed by atoms with van der Waals surface area (Å²) in [6, 6.07) is 0. The van der Waals surface area contributed by atoms with Gasteiger partial charge in [-0.1, -0.05) is 0 Å². The second-order valence-electron chi connectivity index (χ2n) is 3.15. The van der Waals surface area contributed by atoms with Crippen molar-refractivity contribution in [2.24, 2.45) is 5.92 Å². The highest BCUT2D eigenvalue weighted by Crippen LogP contribution is 2.12. The van der Waals surface area contributed by atoms with Crippen LogP contribution in [0.2, 0.25) is 0 Å². The van der Waals surface area contributed by atoms with Gasteiger partial charge in [0.25, 0.3) is 0 Å². The molecule has 0 aromatic carbocycles. The number of ether oxygens (including phenoxy) is 1. The van der Waals surface area contributed by atoms with E-state index in [2.05, 4.69) is 0 Å². The Hall–Kier alpha value is -0.900. The third-order valence-corrected chi connectivity index (χ3v) is 2.14. The molecule has 15 heavy (non-hydrogen) atoms. The largest absolute Gasteiger partial charge is 0.465 e. The maximum Gasteiger partial charge on any atom is 0.316 e. The Bertz CT molecular complexity index is 250. The Labute approximate surface area is 93.9 Å². The fourth-order valence-corrected chi connectivity index (χ4v) is 1.28. The summed E-state index contributed by atoms with van der Waals surface area (Å²) in [7, 11) is 0. The number of carbonyl (C=O) groups is 3. The number of Topliss-reactive ketones (excluding diaryl/α,β-unsaturated/α-hetero) is 2. The smallest absolute Gasteiger partial charge is 0.316 e. The van der Waals surface area contributed by atoms with Crippen LogP contribution >= 0.6 is 11.6 Å². The second-order valence-corrected chi connectivity index (χ2v) is 3.41. The van der Waals surface area contributed by atoms with Crippen LogP contribution in [-0.4, -0.2) is 30.0 Å². The number of carbonyl (C=O) groups excluding carboxylic acids is 3. The van der Waals surface area contributed by atoms with Crippen molar-refractivity contribution >= 4 is 29.1 Å². The number of esters is 1. The van der Waals surface area contributed by atoms with Gasteiger partial charge in [-0.2, -0.15) is 0 Å². The van der Waals surface area contributed by atoms with Crippen LogP contribution in [0.25, 0.3) is 0 Å².